The number of aryl methyl sites for hydroxylation is 1. The van der Waals surface area contributed by atoms with Crippen molar-refractivity contribution in [3.8, 4) is 5.69 Å². The van der Waals surface area contributed by atoms with Crippen LogP contribution in [0, 0.1) is 6.92 Å². The molecule has 0 aliphatic rings. The molecule has 0 atom stereocenters. The number of amides is 2. The molecular weight excluding hydrogens is 400 g/mol. The van der Waals surface area contributed by atoms with E-state index >= 15 is 0 Å². The number of anilines is 1. The zero-order chi connectivity index (χ0) is 22.7. The van der Waals surface area contributed by atoms with Crippen LogP contribution in [-0.4, -0.2) is 32.8 Å². The van der Waals surface area contributed by atoms with E-state index in [2.05, 4.69) is 14.9 Å². The van der Waals surface area contributed by atoms with E-state index in [4.69, 9.17) is 0 Å². The van der Waals surface area contributed by atoms with Crippen LogP contribution in [-0.2, 0) is 11.3 Å². The van der Waals surface area contributed by atoms with Crippen LogP contribution >= 0.6 is 0 Å². The van der Waals surface area contributed by atoms with Gasteiger partial charge < -0.3 is 10.2 Å². The second-order valence-corrected chi connectivity index (χ2v) is 7.72. The number of benzene rings is 3. The smallest absolute Gasteiger partial charge is 0.255 e. The first-order chi connectivity index (χ1) is 15.5. The topological polar surface area (TPSA) is 67.2 Å². The average molecular weight is 427 g/mol. The highest BCUT2D eigenvalue weighted by molar-refractivity contribution is 6.06. The van der Waals surface area contributed by atoms with Crippen LogP contribution in [0.4, 0.5) is 5.69 Å². The number of carbonyl (C=O) groups is 2. The molecule has 6 nitrogen and oxygen atoms in total. The number of fused-ring (bicyclic) bond motifs is 1. The molecule has 0 unspecified atom stereocenters. The van der Waals surface area contributed by atoms with Gasteiger partial charge in [0.15, 0.2) is 0 Å². The number of nitrogens with one attached hydrogen (secondary N) is 1. The van der Waals surface area contributed by atoms with Gasteiger partial charge in [0.25, 0.3) is 5.91 Å². The molecule has 0 spiro atoms. The summed E-state index contributed by atoms with van der Waals surface area (Å²) >= 11 is 0. The fourth-order valence-corrected chi connectivity index (χ4v) is 3.86. The van der Waals surface area contributed by atoms with Gasteiger partial charge in [0.2, 0.25) is 5.91 Å². The maximum Gasteiger partial charge on any atom is 0.255 e. The SMILES string of the molecule is CCN(Cc1cccc(NC(=O)c2ccc3c(c2)nc(C)n3-c2ccccc2)c1)C(C)=O. The first kappa shape index (κ1) is 21.3. The summed E-state index contributed by atoms with van der Waals surface area (Å²) in [7, 11) is 0. The van der Waals surface area contributed by atoms with Gasteiger partial charge in [-0.25, -0.2) is 4.98 Å². The summed E-state index contributed by atoms with van der Waals surface area (Å²) in [5, 5.41) is 2.96. The van der Waals surface area contributed by atoms with Gasteiger partial charge in [-0.3, -0.25) is 14.2 Å². The second kappa shape index (κ2) is 9.06. The Morgan fingerprint density at radius 1 is 1.00 bits per heavy atom. The van der Waals surface area contributed by atoms with E-state index in [-0.39, 0.29) is 11.8 Å². The summed E-state index contributed by atoms with van der Waals surface area (Å²) in [5.74, 6) is 0.692. The molecule has 4 aromatic rings. The molecule has 0 radical (unpaired) electrons. The first-order valence-corrected chi connectivity index (χ1v) is 10.7. The van der Waals surface area contributed by atoms with E-state index in [0.717, 1.165) is 28.1 Å². The predicted molar refractivity (Wildman–Crippen MR) is 127 cm³/mol. The molecule has 4 rings (SSSR count). The Morgan fingerprint density at radius 2 is 1.78 bits per heavy atom. The van der Waals surface area contributed by atoms with Crippen molar-refractivity contribution in [1.82, 2.24) is 14.5 Å². The third kappa shape index (κ3) is 4.39. The van der Waals surface area contributed by atoms with E-state index in [1.54, 1.807) is 11.8 Å². The normalized spacial score (nSPS) is 10.8. The van der Waals surface area contributed by atoms with Crippen molar-refractivity contribution in [2.24, 2.45) is 0 Å². The zero-order valence-electron chi connectivity index (χ0n) is 18.5. The average Bonchev–Trinajstić information content (AvgIpc) is 3.12. The quantitative estimate of drug-likeness (QED) is 0.474. The van der Waals surface area contributed by atoms with Crippen molar-refractivity contribution in [3.05, 3.63) is 89.7 Å². The van der Waals surface area contributed by atoms with Gasteiger partial charge in [-0.2, -0.15) is 0 Å². The standard InChI is InChI=1S/C26H26N4O2/c1-4-29(19(3)31)17-20-9-8-10-22(15-20)28-26(32)21-13-14-25-24(16-21)27-18(2)30(25)23-11-6-5-7-12-23/h5-16H,4,17H2,1-3H3,(H,28,32). The van der Waals surface area contributed by atoms with Gasteiger partial charge in [0.1, 0.15) is 5.82 Å². The molecule has 0 aliphatic heterocycles. The molecule has 2 amide bonds. The third-order valence-corrected chi connectivity index (χ3v) is 5.48. The highest BCUT2D eigenvalue weighted by Gasteiger charge is 2.13. The Hall–Kier alpha value is -3.93. The van der Waals surface area contributed by atoms with Gasteiger partial charge in [-0.05, 0) is 61.9 Å². The Balaban J connectivity index is 1.56. The lowest BCUT2D eigenvalue weighted by Crippen LogP contribution is -2.27. The fourth-order valence-electron chi connectivity index (χ4n) is 3.86. The van der Waals surface area contributed by atoms with Crippen LogP contribution in [0.1, 0.15) is 35.6 Å². The van der Waals surface area contributed by atoms with Crippen molar-refractivity contribution in [2.75, 3.05) is 11.9 Å². The second-order valence-electron chi connectivity index (χ2n) is 7.72. The van der Waals surface area contributed by atoms with Crippen molar-refractivity contribution in [3.63, 3.8) is 0 Å². The maximum atomic E-state index is 12.9. The zero-order valence-corrected chi connectivity index (χ0v) is 18.5. The van der Waals surface area contributed by atoms with Crippen molar-refractivity contribution in [2.45, 2.75) is 27.3 Å². The van der Waals surface area contributed by atoms with Crippen LogP contribution in [0.15, 0.2) is 72.8 Å². The number of imidazole rings is 1. The number of nitrogens with zero attached hydrogens (tertiary/aromatic N) is 3. The molecule has 32 heavy (non-hydrogen) atoms. The lowest BCUT2D eigenvalue weighted by atomic mass is 10.1. The molecule has 1 heterocycles. The molecule has 3 aromatic carbocycles. The van der Waals surface area contributed by atoms with E-state index in [1.165, 1.54) is 0 Å². The van der Waals surface area contributed by atoms with E-state index < -0.39 is 0 Å². The van der Waals surface area contributed by atoms with Gasteiger partial charge >= 0.3 is 0 Å². The first-order valence-electron chi connectivity index (χ1n) is 10.7. The van der Waals surface area contributed by atoms with Crippen LogP contribution in [0.5, 0.6) is 0 Å². The Bertz CT molecular complexity index is 1280. The predicted octanol–water partition coefficient (Wildman–Crippen LogP) is 4.95. The van der Waals surface area contributed by atoms with Gasteiger partial charge in [0, 0.05) is 37.0 Å². The monoisotopic (exact) mass is 426 g/mol. The molecular formula is C26H26N4O2. The highest BCUT2D eigenvalue weighted by atomic mass is 16.2. The van der Waals surface area contributed by atoms with Crippen molar-refractivity contribution >= 4 is 28.5 Å². The molecule has 0 fully saturated rings. The third-order valence-electron chi connectivity index (χ3n) is 5.48. The number of para-hydroxylation sites is 1. The molecule has 0 saturated heterocycles. The molecule has 6 heteroatoms. The van der Waals surface area contributed by atoms with E-state index in [0.29, 0.717) is 24.3 Å². The number of hydrogen-bond donors (Lipinski definition) is 1. The highest BCUT2D eigenvalue weighted by Crippen LogP contribution is 2.23. The number of aromatic nitrogens is 2. The van der Waals surface area contributed by atoms with E-state index in [9.17, 15) is 9.59 Å². The summed E-state index contributed by atoms with van der Waals surface area (Å²) < 4.78 is 2.08. The number of carbonyl (C=O) groups excluding carboxylic acids is 2. The minimum Gasteiger partial charge on any atom is -0.339 e. The van der Waals surface area contributed by atoms with Gasteiger partial charge in [0.05, 0.1) is 11.0 Å². The number of rotatable bonds is 6. The van der Waals surface area contributed by atoms with Crippen LogP contribution < -0.4 is 5.32 Å². The molecule has 0 bridgehead atoms. The molecule has 0 saturated carbocycles. The lowest BCUT2D eigenvalue weighted by Gasteiger charge is -2.19. The Morgan fingerprint density at radius 3 is 2.50 bits per heavy atom. The maximum absolute atomic E-state index is 12.9. The molecule has 162 valence electrons. The minimum atomic E-state index is -0.199. The lowest BCUT2D eigenvalue weighted by molar-refractivity contribution is -0.129. The van der Waals surface area contributed by atoms with Gasteiger partial charge in [-0.15, -0.1) is 0 Å². The minimum absolute atomic E-state index is 0.0282. The van der Waals surface area contributed by atoms with Crippen LogP contribution in [0.3, 0.4) is 0 Å². The van der Waals surface area contributed by atoms with Crippen LogP contribution in [0.2, 0.25) is 0 Å². The summed E-state index contributed by atoms with van der Waals surface area (Å²) in [6, 6.07) is 23.2. The Labute approximate surface area is 187 Å². The van der Waals surface area contributed by atoms with Crippen molar-refractivity contribution in [1.29, 1.82) is 0 Å². The molecule has 0 aliphatic carbocycles. The van der Waals surface area contributed by atoms with Crippen molar-refractivity contribution < 1.29 is 9.59 Å². The largest absolute Gasteiger partial charge is 0.339 e. The number of hydrogen-bond acceptors (Lipinski definition) is 3. The summed E-state index contributed by atoms with van der Waals surface area (Å²) in [4.78, 5) is 31.0. The fraction of sp³-hybridized carbons (Fsp3) is 0.192. The Kier molecular flexibility index (Phi) is 6.03. The van der Waals surface area contributed by atoms with E-state index in [1.807, 2.05) is 86.6 Å². The van der Waals surface area contributed by atoms with Gasteiger partial charge in [-0.1, -0.05) is 30.3 Å². The van der Waals surface area contributed by atoms with Crippen LogP contribution in [0.25, 0.3) is 16.7 Å². The molecule has 1 aromatic heterocycles. The summed E-state index contributed by atoms with van der Waals surface area (Å²) in [6.45, 7) is 6.62. The summed E-state index contributed by atoms with van der Waals surface area (Å²) in [5.41, 5.74) is 4.96. The molecule has 1 N–H and O–H groups in total. The summed E-state index contributed by atoms with van der Waals surface area (Å²) in [6.07, 6.45) is 0.